The molecule has 0 aromatic carbocycles. The van der Waals surface area contributed by atoms with Crippen molar-refractivity contribution in [3.63, 3.8) is 0 Å². The van der Waals surface area contributed by atoms with E-state index in [-0.39, 0.29) is 0 Å². The van der Waals surface area contributed by atoms with Crippen LogP contribution < -0.4 is 0 Å². The molecule has 1 heterocycles. The number of nitrogens with zero attached hydrogens (tertiary/aromatic N) is 1. The monoisotopic (exact) mass is 169 g/mol. The highest BCUT2D eigenvalue weighted by atomic mass is 15.2. The van der Waals surface area contributed by atoms with Gasteiger partial charge in [-0.25, -0.2) is 0 Å². The zero-order valence-electron chi connectivity index (χ0n) is 8.84. The molecule has 0 saturated carbocycles. The number of rotatable bonds is 5. The SMILES string of the molecule is CCN1CC(CCCC(C)C)C1. The minimum Gasteiger partial charge on any atom is -0.303 e. The molecule has 12 heavy (non-hydrogen) atoms. The quantitative estimate of drug-likeness (QED) is 0.611. The largest absolute Gasteiger partial charge is 0.303 e. The second-order valence-corrected chi connectivity index (χ2v) is 4.54. The second-order valence-electron chi connectivity index (χ2n) is 4.54. The summed E-state index contributed by atoms with van der Waals surface area (Å²) in [7, 11) is 0. The molecule has 0 amide bonds. The average Bonchev–Trinajstić information content (AvgIpc) is 1.93. The van der Waals surface area contributed by atoms with Crippen molar-refractivity contribution in [3.8, 4) is 0 Å². The summed E-state index contributed by atoms with van der Waals surface area (Å²) in [4.78, 5) is 2.53. The van der Waals surface area contributed by atoms with Crippen LogP contribution in [0.25, 0.3) is 0 Å². The van der Waals surface area contributed by atoms with E-state index in [1.54, 1.807) is 0 Å². The van der Waals surface area contributed by atoms with E-state index >= 15 is 0 Å². The maximum Gasteiger partial charge on any atom is 0.00219 e. The van der Waals surface area contributed by atoms with Crippen molar-refractivity contribution in [2.45, 2.75) is 40.0 Å². The molecule has 0 bridgehead atoms. The molecule has 1 nitrogen and oxygen atoms in total. The molecule has 1 aliphatic heterocycles. The fourth-order valence-corrected chi connectivity index (χ4v) is 1.93. The van der Waals surface area contributed by atoms with Gasteiger partial charge in [-0.1, -0.05) is 33.6 Å². The van der Waals surface area contributed by atoms with Crippen molar-refractivity contribution in [1.82, 2.24) is 4.90 Å². The Balaban J connectivity index is 1.90. The van der Waals surface area contributed by atoms with Crippen molar-refractivity contribution in [2.75, 3.05) is 19.6 Å². The first kappa shape index (κ1) is 10.0. The number of hydrogen-bond acceptors (Lipinski definition) is 1. The average molecular weight is 169 g/mol. The van der Waals surface area contributed by atoms with Gasteiger partial charge in [-0.15, -0.1) is 0 Å². The summed E-state index contributed by atoms with van der Waals surface area (Å²) in [5, 5.41) is 0. The topological polar surface area (TPSA) is 3.24 Å². The van der Waals surface area contributed by atoms with E-state index in [4.69, 9.17) is 0 Å². The third kappa shape index (κ3) is 3.14. The highest BCUT2D eigenvalue weighted by Gasteiger charge is 2.23. The van der Waals surface area contributed by atoms with Crippen LogP contribution in [0.15, 0.2) is 0 Å². The van der Waals surface area contributed by atoms with E-state index < -0.39 is 0 Å². The smallest absolute Gasteiger partial charge is 0.00219 e. The number of likely N-dealkylation sites (tertiary alicyclic amines) is 1. The Morgan fingerprint density at radius 3 is 2.50 bits per heavy atom. The van der Waals surface area contributed by atoms with Crippen LogP contribution in [0, 0.1) is 11.8 Å². The molecule has 1 heteroatoms. The Labute approximate surface area is 77.1 Å². The van der Waals surface area contributed by atoms with Gasteiger partial charge in [0.2, 0.25) is 0 Å². The molecule has 1 rings (SSSR count). The molecule has 0 unspecified atom stereocenters. The lowest BCUT2D eigenvalue weighted by Crippen LogP contribution is -2.46. The van der Waals surface area contributed by atoms with Gasteiger partial charge in [0, 0.05) is 13.1 Å². The van der Waals surface area contributed by atoms with Gasteiger partial charge >= 0.3 is 0 Å². The third-order valence-corrected chi connectivity index (χ3v) is 2.87. The van der Waals surface area contributed by atoms with Crippen molar-refractivity contribution in [2.24, 2.45) is 11.8 Å². The number of hydrogen-bond donors (Lipinski definition) is 0. The molecular weight excluding hydrogens is 146 g/mol. The Kier molecular flexibility index (Phi) is 4.07. The first-order valence-electron chi connectivity index (χ1n) is 5.44. The molecule has 0 aromatic rings. The predicted molar refractivity (Wildman–Crippen MR) is 54.3 cm³/mol. The van der Waals surface area contributed by atoms with Gasteiger partial charge in [-0.2, -0.15) is 0 Å². The lowest BCUT2D eigenvalue weighted by Gasteiger charge is -2.38. The molecule has 0 aliphatic carbocycles. The molecular formula is C11H23N. The lowest BCUT2D eigenvalue weighted by atomic mass is 9.92. The summed E-state index contributed by atoms with van der Waals surface area (Å²) in [5.74, 6) is 1.93. The first-order chi connectivity index (χ1) is 5.72. The predicted octanol–water partition coefficient (Wildman–Crippen LogP) is 2.76. The van der Waals surface area contributed by atoms with Crippen LogP contribution in [0.3, 0.4) is 0 Å². The highest BCUT2D eigenvalue weighted by molar-refractivity contribution is 4.78. The van der Waals surface area contributed by atoms with E-state index in [1.807, 2.05) is 0 Å². The Morgan fingerprint density at radius 2 is 2.00 bits per heavy atom. The summed E-state index contributed by atoms with van der Waals surface area (Å²) >= 11 is 0. The van der Waals surface area contributed by atoms with Gasteiger partial charge < -0.3 is 4.90 Å². The third-order valence-electron chi connectivity index (χ3n) is 2.87. The van der Waals surface area contributed by atoms with Crippen molar-refractivity contribution in [1.29, 1.82) is 0 Å². The molecule has 72 valence electrons. The lowest BCUT2D eigenvalue weighted by molar-refractivity contribution is 0.0983. The second kappa shape index (κ2) is 4.86. The van der Waals surface area contributed by atoms with E-state index in [1.165, 1.54) is 38.9 Å². The van der Waals surface area contributed by atoms with Crippen molar-refractivity contribution in [3.05, 3.63) is 0 Å². The van der Waals surface area contributed by atoms with Crippen LogP contribution >= 0.6 is 0 Å². The maximum atomic E-state index is 2.53. The van der Waals surface area contributed by atoms with E-state index in [9.17, 15) is 0 Å². The van der Waals surface area contributed by atoms with Gasteiger partial charge in [-0.3, -0.25) is 0 Å². The summed E-state index contributed by atoms with van der Waals surface area (Å²) < 4.78 is 0. The minimum absolute atomic E-state index is 0.896. The standard InChI is InChI=1S/C11H23N/c1-4-12-8-11(9-12)7-5-6-10(2)3/h10-11H,4-9H2,1-3H3. The van der Waals surface area contributed by atoms with Crippen LogP contribution in [0.2, 0.25) is 0 Å². The summed E-state index contributed by atoms with van der Waals surface area (Å²) in [6.07, 6.45) is 4.33. The Bertz CT molecular complexity index is 114. The molecule has 0 aromatic heterocycles. The van der Waals surface area contributed by atoms with Gasteiger partial charge in [0.25, 0.3) is 0 Å². The van der Waals surface area contributed by atoms with Gasteiger partial charge in [0.15, 0.2) is 0 Å². The molecule has 1 aliphatic rings. The highest BCUT2D eigenvalue weighted by Crippen LogP contribution is 2.21. The summed E-state index contributed by atoms with van der Waals surface area (Å²) in [6, 6.07) is 0. The van der Waals surface area contributed by atoms with Gasteiger partial charge in [0.05, 0.1) is 0 Å². The van der Waals surface area contributed by atoms with Crippen molar-refractivity contribution >= 4 is 0 Å². The van der Waals surface area contributed by atoms with Crippen LogP contribution in [0.1, 0.15) is 40.0 Å². The zero-order valence-corrected chi connectivity index (χ0v) is 8.84. The van der Waals surface area contributed by atoms with Crippen molar-refractivity contribution < 1.29 is 0 Å². The minimum atomic E-state index is 0.896. The van der Waals surface area contributed by atoms with E-state index in [0.29, 0.717) is 0 Å². The van der Waals surface area contributed by atoms with E-state index in [0.717, 1.165) is 11.8 Å². The maximum absolute atomic E-state index is 2.53. The molecule has 0 spiro atoms. The normalized spacial score (nSPS) is 20.0. The van der Waals surface area contributed by atoms with Gasteiger partial charge in [0.1, 0.15) is 0 Å². The van der Waals surface area contributed by atoms with Crippen LogP contribution in [-0.2, 0) is 0 Å². The fraction of sp³-hybridized carbons (Fsp3) is 1.00. The zero-order chi connectivity index (χ0) is 8.97. The Hall–Kier alpha value is -0.0400. The molecule has 0 N–H and O–H groups in total. The molecule has 0 radical (unpaired) electrons. The Morgan fingerprint density at radius 1 is 1.33 bits per heavy atom. The first-order valence-corrected chi connectivity index (χ1v) is 5.44. The van der Waals surface area contributed by atoms with Gasteiger partial charge in [-0.05, 0) is 24.8 Å². The molecule has 0 atom stereocenters. The van der Waals surface area contributed by atoms with Crippen LogP contribution in [0.5, 0.6) is 0 Å². The van der Waals surface area contributed by atoms with E-state index in [2.05, 4.69) is 25.7 Å². The van der Waals surface area contributed by atoms with Crippen LogP contribution in [0.4, 0.5) is 0 Å². The molecule has 1 saturated heterocycles. The summed E-state index contributed by atoms with van der Waals surface area (Å²) in [6.45, 7) is 10.9. The van der Waals surface area contributed by atoms with Crippen LogP contribution in [-0.4, -0.2) is 24.5 Å². The summed E-state index contributed by atoms with van der Waals surface area (Å²) in [5.41, 5.74) is 0. The molecule has 1 fully saturated rings. The fourth-order valence-electron chi connectivity index (χ4n) is 1.93.